The molecule has 0 aliphatic heterocycles. The van der Waals surface area contributed by atoms with Gasteiger partial charge in [0.2, 0.25) is 0 Å². The SMILES string of the molecule is Cn1c(C(C)(C)C)c(-c2ccc(N(c3ccc(-c4ccccc4)cc3)c3ccc(-c4ccccc4)cc3)cc2)c2ccccc21. The van der Waals surface area contributed by atoms with Gasteiger partial charge in [-0.2, -0.15) is 0 Å². The van der Waals surface area contributed by atoms with Crippen LogP contribution in [-0.4, -0.2) is 4.57 Å². The van der Waals surface area contributed by atoms with Crippen molar-refractivity contribution in [3.05, 3.63) is 163 Å². The van der Waals surface area contributed by atoms with Gasteiger partial charge in [-0.05, 0) is 70.3 Å². The molecule has 7 aromatic rings. The van der Waals surface area contributed by atoms with E-state index in [4.69, 9.17) is 0 Å². The van der Waals surface area contributed by atoms with Crippen LogP contribution in [0.2, 0.25) is 0 Å². The van der Waals surface area contributed by atoms with Gasteiger partial charge in [0, 0.05) is 51.7 Å². The Kier molecular flexibility index (Phi) is 7.35. The van der Waals surface area contributed by atoms with Gasteiger partial charge >= 0.3 is 0 Å². The Labute approximate surface area is 266 Å². The second-order valence-corrected chi connectivity index (χ2v) is 12.8. The highest BCUT2D eigenvalue weighted by atomic mass is 15.1. The fraction of sp³-hybridized carbons (Fsp3) is 0.116. The molecule has 220 valence electrons. The second kappa shape index (κ2) is 11.6. The molecule has 0 saturated carbocycles. The molecule has 0 aliphatic carbocycles. The average molecular weight is 583 g/mol. The zero-order valence-electron chi connectivity index (χ0n) is 26.4. The van der Waals surface area contributed by atoms with E-state index in [9.17, 15) is 0 Å². The van der Waals surface area contributed by atoms with Gasteiger partial charge in [-0.15, -0.1) is 0 Å². The average Bonchev–Trinajstić information content (AvgIpc) is 3.39. The Morgan fingerprint density at radius 3 is 1.24 bits per heavy atom. The van der Waals surface area contributed by atoms with Crippen molar-refractivity contribution in [3.8, 4) is 33.4 Å². The number of aryl methyl sites for hydroxylation is 1. The first-order valence-corrected chi connectivity index (χ1v) is 15.7. The van der Waals surface area contributed by atoms with E-state index >= 15 is 0 Å². The molecule has 2 heteroatoms. The highest BCUT2D eigenvalue weighted by Crippen LogP contribution is 2.42. The number of hydrogen-bond acceptors (Lipinski definition) is 1. The van der Waals surface area contributed by atoms with Crippen molar-refractivity contribution in [2.75, 3.05) is 4.90 Å². The lowest BCUT2D eigenvalue weighted by molar-refractivity contribution is 0.549. The maximum atomic E-state index is 2.37. The first-order chi connectivity index (χ1) is 21.9. The Morgan fingerprint density at radius 2 is 0.800 bits per heavy atom. The van der Waals surface area contributed by atoms with Gasteiger partial charge in [-0.3, -0.25) is 0 Å². The van der Waals surface area contributed by atoms with Crippen molar-refractivity contribution in [2.45, 2.75) is 26.2 Å². The number of benzene rings is 6. The number of aromatic nitrogens is 1. The van der Waals surface area contributed by atoms with Gasteiger partial charge in [0.25, 0.3) is 0 Å². The summed E-state index contributed by atoms with van der Waals surface area (Å²) in [6, 6.07) is 56.8. The smallest absolute Gasteiger partial charge is 0.0486 e. The number of anilines is 3. The van der Waals surface area contributed by atoms with Crippen LogP contribution in [0.15, 0.2) is 158 Å². The van der Waals surface area contributed by atoms with E-state index in [-0.39, 0.29) is 5.41 Å². The van der Waals surface area contributed by atoms with Gasteiger partial charge in [0.15, 0.2) is 0 Å². The maximum Gasteiger partial charge on any atom is 0.0486 e. The van der Waals surface area contributed by atoms with Crippen LogP contribution in [0.5, 0.6) is 0 Å². The van der Waals surface area contributed by atoms with Gasteiger partial charge < -0.3 is 9.47 Å². The monoisotopic (exact) mass is 582 g/mol. The van der Waals surface area contributed by atoms with E-state index in [1.807, 2.05) is 0 Å². The molecule has 6 aromatic carbocycles. The topological polar surface area (TPSA) is 8.17 Å². The summed E-state index contributed by atoms with van der Waals surface area (Å²) in [5, 5.41) is 1.29. The maximum absolute atomic E-state index is 2.37. The third-order valence-electron chi connectivity index (χ3n) is 8.70. The molecular formula is C43H38N2. The minimum absolute atomic E-state index is 0.00515. The number of nitrogens with zero attached hydrogens (tertiary/aromatic N) is 2. The summed E-state index contributed by atoms with van der Waals surface area (Å²) >= 11 is 0. The van der Waals surface area contributed by atoms with Crippen LogP contribution >= 0.6 is 0 Å². The highest BCUT2D eigenvalue weighted by molar-refractivity contribution is 5.99. The second-order valence-electron chi connectivity index (χ2n) is 12.8. The molecule has 45 heavy (non-hydrogen) atoms. The lowest BCUT2D eigenvalue weighted by Gasteiger charge is -2.26. The normalized spacial score (nSPS) is 11.6. The number of fused-ring (bicyclic) bond motifs is 1. The molecule has 2 nitrogen and oxygen atoms in total. The summed E-state index contributed by atoms with van der Waals surface area (Å²) in [7, 11) is 2.20. The zero-order valence-corrected chi connectivity index (χ0v) is 26.4. The minimum atomic E-state index is -0.00515. The molecule has 0 radical (unpaired) electrons. The van der Waals surface area contributed by atoms with Crippen molar-refractivity contribution in [3.63, 3.8) is 0 Å². The molecule has 0 N–H and O–H groups in total. The van der Waals surface area contributed by atoms with Gasteiger partial charge in [0.05, 0.1) is 0 Å². The Balaban J connectivity index is 1.32. The summed E-state index contributed by atoms with van der Waals surface area (Å²) in [5.41, 5.74) is 13.4. The van der Waals surface area contributed by atoms with Crippen LogP contribution in [0.1, 0.15) is 26.5 Å². The fourth-order valence-electron chi connectivity index (χ4n) is 6.66. The van der Waals surface area contributed by atoms with E-state index < -0.39 is 0 Å². The summed E-state index contributed by atoms with van der Waals surface area (Å²) in [6.45, 7) is 6.91. The van der Waals surface area contributed by atoms with Gasteiger partial charge in [-0.25, -0.2) is 0 Å². The van der Waals surface area contributed by atoms with Crippen molar-refractivity contribution in [1.82, 2.24) is 4.57 Å². The van der Waals surface area contributed by atoms with Crippen LogP contribution in [0, 0.1) is 0 Å². The predicted molar refractivity (Wildman–Crippen MR) is 193 cm³/mol. The quantitative estimate of drug-likeness (QED) is 0.189. The fourth-order valence-corrected chi connectivity index (χ4v) is 6.66. The molecule has 0 unspecified atom stereocenters. The largest absolute Gasteiger partial charge is 0.347 e. The summed E-state index contributed by atoms with van der Waals surface area (Å²) < 4.78 is 2.37. The van der Waals surface area contributed by atoms with Crippen molar-refractivity contribution in [2.24, 2.45) is 7.05 Å². The molecule has 0 aliphatic rings. The summed E-state index contributed by atoms with van der Waals surface area (Å²) in [4.78, 5) is 2.35. The molecule has 0 amide bonds. The van der Waals surface area contributed by atoms with Crippen molar-refractivity contribution in [1.29, 1.82) is 0 Å². The Bertz CT molecular complexity index is 1960. The summed E-state index contributed by atoms with van der Waals surface area (Å²) in [6.07, 6.45) is 0. The van der Waals surface area contributed by atoms with Crippen LogP contribution < -0.4 is 4.90 Å². The molecule has 1 aromatic heterocycles. The minimum Gasteiger partial charge on any atom is -0.347 e. The van der Waals surface area contributed by atoms with Crippen LogP contribution in [0.25, 0.3) is 44.3 Å². The van der Waals surface area contributed by atoms with Crippen molar-refractivity contribution >= 4 is 28.0 Å². The van der Waals surface area contributed by atoms with E-state index in [1.54, 1.807) is 0 Å². The predicted octanol–water partition coefficient (Wildman–Crippen LogP) is 11.9. The summed E-state index contributed by atoms with van der Waals surface area (Å²) in [5.74, 6) is 0. The Hall–Kier alpha value is -5.34. The lowest BCUT2D eigenvalue weighted by atomic mass is 9.86. The van der Waals surface area contributed by atoms with Crippen LogP contribution in [0.3, 0.4) is 0 Å². The van der Waals surface area contributed by atoms with E-state index in [2.05, 4.69) is 195 Å². The highest BCUT2D eigenvalue weighted by Gasteiger charge is 2.26. The standard InChI is InChI=1S/C43H38N2/c1-43(2,3)42-41(39-17-11-12-18-40(39)44(42)4)35-23-29-38(30-24-35)45(36-25-19-33(20-26-36)31-13-7-5-8-14-31)37-27-21-34(22-28-37)32-15-9-6-10-16-32/h5-30H,1-4H3. The third-order valence-corrected chi connectivity index (χ3v) is 8.70. The molecule has 0 atom stereocenters. The third kappa shape index (κ3) is 5.45. The van der Waals surface area contributed by atoms with E-state index in [0.717, 1.165) is 17.1 Å². The Morgan fingerprint density at radius 1 is 0.422 bits per heavy atom. The van der Waals surface area contributed by atoms with Crippen LogP contribution in [0.4, 0.5) is 17.1 Å². The van der Waals surface area contributed by atoms with Crippen LogP contribution in [-0.2, 0) is 12.5 Å². The molecular weight excluding hydrogens is 544 g/mol. The van der Waals surface area contributed by atoms with Crippen molar-refractivity contribution < 1.29 is 0 Å². The van der Waals surface area contributed by atoms with Gasteiger partial charge in [-0.1, -0.05) is 136 Å². The van der Waals surface area contributed by atoms with Gasteiger partial charge in [0.1, 0.15) is 0 Å². The molecule has 7 rings (SSSR count). The molecule has 0 bridgehead atoms. The first-order valence-electron chi connectivity index (χ1n) is 15.7. The molecule has 0 spiro atoms. The van der Waals surface area contributed by atoms with E-state index in [1.165, 1.54) is 50.0 Å². The van der Waals surface area contributed by atoms with E-state index in [0.29, 0.717) is 0 Å². The molecule has 0 fully saturated rings. The molecule has 0 saturated heterocycles. The number of rotatable bonds is 6. The molecule has 1 heterocycles. The number of para-hydroxylation sites is 1. The zero-order chi connectivity index (χ0) is 31.0. The first kappa shape index (κ1) is 28.4. The lowest BCUT2D eigenvalue weighted by Crippen LogP contribution is -2.17. The number of hydrogen-bond donors (Lipinski definition) is 0.